The van der Waals surface area contributed by atoms with Crippen molar-refractivity contribution in [3.63, 3.8) is 0 Å². The van der Waals surface area contributed by atoms with Gasteiger partial charge in [-0.15, -0.1) is 0 Å². The summed E-state index contributed by atoms with van der Waals surface area (Å²) in [6, 6.07) is 14.3. The van der Waals surface area contributed by atoms with Gasteiger partial charge in [-0.25, -0.2) is 9.37 Å². The number of ketones is 2. The molecule has 42 heavy (non-hydrogen) atoms. The number of alkyl halides is 1. The maximum absolute atomic E-state index is 14.9. The van der Waals surface area contributed by atoms with Crippen LogP contribution in [0.5, 0.6) is 0 Å². The lowest BCUT2D eigenvalue weighted by Gasteiger charge is -2.24. The van der Waals surface area contributed by atoms with Crippen LogP contribution in [-0.4, -0.2) is 37.0 Å². The van der Waals surface area contributed by atoms with Crippen LogP contribution in [0, 0.1) is 12.8 Å². The highest BCUT2D eigenvalue weighted by Gasteiger charge is 2.51. The average molecular weight is 565 g/mol. The Labute approximate surface area is 246 Å². The topological polar surface area (TPSA) is 77.7 Å². The molecule has 0 unspecified atom stereocenters. The van der Waals surface area contributed by atoms with Crippen molar-refractivity contribution in [2.24, 2.45) is 13.0 Å². The van der Waals surface area contributed by atoms with E-state index in [1.165, 1.54) is 5.56 Å². The molecule has 0 radical (unpaired) electrons. The summed E-state index contributed by atoms with van der Waals surface area (Å²) in [5, 5.41) is 4.33. The minimum Gasteiger partial charge on any atom is -0.299 e. The predicted molar refractivity (Wildman–Crippen MR) is 161 cm³/mol. The Hall–Kier alpha value is -4.00. The molecule has 7 heteroatoms. The van der Waals surface area contributed by atoms with Crippen LogP contribution in [0.25, 0.3) is 22.5 Å². The second kappa shape index (κ2) is 11.3. The first-order valence-electron chi connectivity index (χ1n) is 15.0. The van der Waals surface area contributed by atoms with Gasteiger partial charge in [0.05, 0.1) is 29.5 Å². The largest absolute Gasteiger partial charge is 0.299 e. The highest BCUT2D eigenvalue weighted by molar-refractivity contribution is 5.95. The Balaban J connectivity index is 1.28. The minimum atomic E-state index is -1.75. The van der Waals surface area contributed by atoms with E-state index < -0.39 is 17.4 Å². The molecule has 0 aliphatic heterocycles. The van der Waals surface area contributed by atoms with Gasteiger partial charge in [0, 0.05) is 43.1 Å². The van der Waals surface area contributed by atoms with E-state index in [-0.39, 0.29) is 37.4 Å². The molecule has 0 bridgehead atoms. The summed E-state index contributed by atoms with van der Waals surface area (Å²) in [6.45, 7) is 4.14. The molecule has 0 saturated heterocycles. The van der Waals surface area contributed by atoms with Crippen molar-refractivity contribution < 1.29 is 14.0 Å². The zero-order valence-electron chi connectivity index (χ0n) is 24.6. The number of benzene rings is 2. The second-order valence-electron chi connectivity index (χ2n) is 12.0. The molecule has 1 fully saturated rings. The Morgan fingerprint density at radius 3 is 2.52 bits per heavy atom. The van der Waals surface area contributed by atoms with Gasteiger partial charge >= 0.3 is 0 Å². The molecular formula is C35H37FN4O2. The maximum Gasteiger partial charge on any atom is 0.170 e. The van der Waals surface area contributed by atoms with E-state index in [1.54, 1.807) is 12.4 Å². The number of fused-ring (bicyclic) bond motifs is 1. The van der Waals surface area contributed by atoms with Gasteiger partial charge in [0.1, 0.15) is 5.78 Å². The lowest BCUT2D eigenvalue weighted by Crippen LogP contribution is -2.29. The summed E-state index contributed by atoms with van der Waals surface area (Å²) in [5.41, 5.74) is 7.26. The molecule has 6 rings (SSSR count). The number of aromatic nitrogens is 4. The van der Waals surface area contributed by atoms with Crippen LogP contribution in [0.3, 0.4) is 0 Å². The lowest BCUT2D eigenvalue weighted by atomic mass is 9.78. The standard InChI is InChI=1S/C35H37FN4O2/c1-4-5-27-20-37-21-31(39-27)26-11-10-24-12-13-28(29(24)17-26)30(18-33(42)35(36)14-15-35)32(41)16-23-6-8-25(9-7-23)34-22(2)19-38-40(34)3/h6-11,17,19-21,28,30H,4-5,12-16,18H2,1-3H3/t28-,30+/m1/s1. The van der Waals surface area contributed by atoms with Gasteiger partial charge in [-0.1, -0.05) is 49.7 Å². The normalized spacial score (nSPS) is 17.6. The fraction of sp³-hybridized carbons (Fsp3) is 0.400. The van der Waals surface area contributed by atoms with Gasteiger partial charge in [-0.2, -0.15) is 5.10 Å². The fourth-order valence-corrected chi connectivity index (χ4v) is 6.46. The van der Waals surface area contributed by atoms with Crippen molar-refractivity contribution in [2.45, 2.75) is 76.8 Å². The van der Waals surface area contributed by atoms with Crippen LogP contribution < -0.4 is 0 Å². The average Bonchev–Trinajstić information content (AvgIpc) is 3.47. The zero-order chi connectivity index (χ0) is 29.4. The molecule has 216 valence electrons. The Morgan fingerprint density at radius 1 is 1.07 bits per heavy atom. The van der Waals surface area contributed by atoms with Gasteiger partial charge in [0.2, 0.25) is 0 Å². The van der Waals surface area contributed by atoms with Crippen LogP contribution in [-0.2, 0) is 35.9 Å². The number of rotatable bonds is 11. The molecule has 4 aromatic rings. The summed E-state index contributed by atoms with van der Waals surface area (Å²) in [7, 11) is 1.91. The molecule has 0 N–H and O–H groups in total. The molecule has 0 spiro atoms. The molecule has 2 aliphatic carbocycles. The summed E-state index contributed by atoms with van der Waals surface area (Å²) < 4.78 is 16.7. The second-order valence-corrected chi connectivity index (χ2v) is 12.0. The number of nitrogens with zero attached hydrogens (tertiary/aromatic N) is 4. The fourth-order valence-electron chi connectivity index (χ4n) is 6.46. The lowest BCUT2D eigenvalue weighted by molar-refractivity contribution is -0.131. The molecule has 2 atom stereocenters. The maximum atomic E-state index is 14.9. The van der Waals surface area contributed by atoms with Gasteiger partial charge in [-0.05, 0) is 73.3 Å². The van der Waals surface area contributed by atoms with Gasteiger partial charge < -0.3 is 0 Å². The number of hydrogen-bond donors (Lipinski definition) is 0. The molecule has 1 saturated carbocycles. The van der Waals surface area contributed by atoms with Crippen LogP contribution in [0.15, 0.2) is 61.1 Å². The van der Waals surface area contributed by atoms with Crippen molar-refractivity contribution in [3.05, 3.63) is 89.0 Å². The zero-order valence-corrected chi connectivity index (χ0v) is 24.6. The van der Waals surface area contributed by atoms with Gasteiger partial charge in [0.25, 0.3) is 0 Å². The first kappa shape index (κ1) is 28.1. The van der Waals surface area contributed by atoms with Crippen molar-refractivity contribution >= 4 is 11.6 Å². The quantitative estimate of drug-likeness (QED) is 0.202. The van der Waals surface area contributed by atoms with Gasteiger partial charge in [0.15, 0.2) is 11.5 Å². The summed E-state index contributed by atoms with van der Waals surface area (Å²) in [6.07, 6.45) is 9.54. The third-order valence-electron chi connectivity index (χ3n) is 8.98. The van der Waals surface area contributed by atoms with Crippen LogP contribution in [0.4, 0.5) is 4.39 Å². The first-order chi connectivity index (χ1) is 20.3. The number of carbonyl (C=O) groups is 2. The van der Waals surface area contributed by atoms with E-state index in [0.717, 1.165) is 70.6 Å². The van der Waals surface area contributed by atoms with Crippen LogP contribution >= 0.6 is 0 Å². The van der Waals surface area contributed by atoms with Gasteiger partial charge in [-0.3, -0.25) is 19.3 Å². The van der Waals surface area contributed by atoms with E-state index in [2.05, 4.69) is 35.2 Å². The number of hydrogen-bond acceptors (Lipinski definition) is 5. The van der Waals surface area contributed by atoms with E-state index >= 15 is 0 Å². The number of carbonyl (C=O) groups excluding carboxylic acids is 2. The molecule has 2 aliphatic rings. The molecule has 2 aromatic carbocycles. The van der Waals surface area contributed by atoms with E-state index in [1.807, 2.05) is 49.1 Å². The highest BCUT2D eigenvalue weighted by atomic mass is 19.1. The highest BCUT2D eigenvalue weighted by Crippen LogP contribution is 2.46. The number of aryl methyl sites for hydroxylation is 4. The van der Waals surface area contributed by atoms with E-state index in [0.29, 0.717) is 0 Å². The Bertz CT molecular complexity index is 1620. The minimum absolute atomic E-state index is 0.00921. The van der Waals surface area contributed by atoms with Crippen molar-refractivity contribution in [1.29, 1.82) is 0 Å². The van der Waals surface area contributed by atoms with Crippen molar-refractivity contribution in [1.82, 2.24) is 19.7 Å². The predicted octanol–water partition coefficient (Wildman–Crippen LogP) is 6.72. The molecular weight excluding hydrogens is 527 g/mol. The Kier molecular flexibility index (Phi) is 7.60. The smallest absolute Gasteiger partial charge is 0.170 e. The monoisotopic (exact) mass is 564 g/mol. The van der Waals surface area contributed by atoms with Crippen molar-refractivity contribution in [3.8, 4) is 22.5 Å². The third kappa shape index (κ3) is 5.57. The van der Waals surface area contributed by atoms with E-state index in [4.69, 9.17) is 4.98 Å². The van der Waals surface area contributed by atoms with Crippen molar-refractivity contribution in [2.75, 3.05) is 0 Å². The molecule has 2 heterocycles. The Morgan fingerprint density at radius 2 is 1.83 bits per heavy atom. The molecule has 2 aromatic heterocycles. The molecule has 0 amide bonds. The SMILES string of the molecule is CCCc1cncc(-c2ccc3c(c2)[C@H]([C@H](CC(=O)C2(F)CC2)C(=O)Cc2ccc(-c4c(C)cnn4C)cc2)CC3)n1. The third-order valence-corrected chi connectivity index (χ3v) is 8.98. The van der Waals surface area contributed by atoms with E-state index in [9.17, 15) is 14.0 Å². The van der Waals surface area contributed by atoms with Crippen LogP contribution in [0.1, 0.15) is 72.9 Å². The summed E-state index contributed by atoms with van der Waals surface area (Å²) in [5.74, 6) is -1.14. The summed E-state index contributed by atoms with van der Waals surface area (Å²) in [4.78, 5) is 36.2. The first-order valence-corrected chi connectivity index (χ1v) is 15.0. The molecule has 6 nitrogen and oxygen atoms in total. The number of halogens is 1. The van der Waals surface area contributed by atoms with Crippen LogP contribution in [0.2, 0.25) is 0 Å². The summed E-state index contributed by atoms with van der Waals surface area (Å²) >= 11 is 0. The number of Topliss-reactive ketones (excluding diaryl/α,β-unsaturated/α-hetero) is 2.